The van der Waals surface area contributed by atoms with Gasteiger partial charge in [-0.2, -0.15) is 5.10 Å². The molecule has 1 heterocycles. The van der Waals surface area contributed by atoms with E-state index < -0.39 is 0 Å². The van der Waals surface area contributed by atoms with Crippen LogP contribution in [0.5, 0.6) is 23.0 Å². The Labute approximate surface area is 156 Å². The molecule has 0 aliphatic heterocycles. The van der Waals surface area contributed by atoms with Crippen molar-refractivity contribution in [2.45, 2.75) is 0 Å². The minimum absolute atomic E-state index is 0.287. The van der Waals surface area contributed by atoms with Crippen molar-refractivity contribution in [2.24, 2.45) is 0 Å². The number of hydrogen-bond donors (Lipinski definition) is 1. The molecule has 3 aromatic rings. The van der Waals surface area contributed by atoms with Crippen molar-refractivity contribution >= 4 is 16.7 Å². The lowest BCUT2D eigenvalue weighted by molar-refractivity contribution is 0.103. The first-order valence-corrected chi connectivity index (χ1v) is 7.95. The molecule has 0 aliphatic carbocycles. The molecule has 0 atom stereocenters. The third kappa shape index (κ3) is 2.91. The van der Waals surface area contributed by atoms with Gasteiger partial charge < -0.3 is 18.9 Å². The Morgan fingerprint density at radius 2 is 1.63 bits per heavy atom. The van der Waals surface area contributed by atoms with E-state index in [2.05, 4.69) is 16.1 Å². The Bertz CT molecular complexity index is 1040. The van der Waals surface area contributed by atoms with Crippen molar-refractivity contribution in [3.63, 3.8) is 0 Å². The van der Waals surface area contributed by atoms with Crippen molar-refractivity contribution in [1.82, 2.24) is 10.2 Å². The largest absolute Gasteiger partial charge is 0.495 e. The smallest absolute Gasteiger partial charge is 0.211 e. The summed E-state index contributed by atoms with van der Waals surface area (Å²) in [5.41, 5.74) is 1.63. The Balaban J connectivity index is 2.16. The van der Waals surface area contributed by atoms with Gasteiger partial charge in [-0.25, -0.2) is 0 Å². The minimum Gasteiger partial charge on any atom is -0.495 e. The summed E-state index contributed by atoms with van der Waals surface area (Å²) < 4.78 is 21.2. The molecule has 0 radical (unpaired) electrons. The number of terminal acetylenes is 1. The maximum atomic E-state index is 13.1. The topological polar surface area (TPSA) is 82.7 Å². The zero-order chi connectivity index (χ0) is 19.6. The zero-order valence-corrected chi connectivity index (χ0v) is 15.4. The predicted octanol–water partition coefficient (Wildman–Crippen LogP) is 2.81. The predicted molar refractivity (Wildman–Crippen MR) is 100 cm³/mol. The van der Waals surface area contributed by atoms with Gasteiger partial charge in [-0.15, -0.1) is 6.42 Å². The molecule has 7 nitrogen and oxygen atoms in total. The van der Waals surface area contributed by atoms with Crippen molar-refractivity contribution in [2.75, 3.05) is 28.4 Å². The molecular weight excluding hydrogens is 348 g/mol. The highest BCUT2D eigenvalue weighted by atomic mass is 16.5. The average molecular weight is 366 g/mol. The summed E-state index contributed by atoms with van der Waals surface area (Å²) in [6.45, 7) is 0. The molecule has 0 spiro atoms. The Morgan fingerprint density at radius 3 is 2.15 bits per heavy atom. The van der Waals surface area contributed by atoms with E-state index in [1.165, 1.54) is 28.4 Å². The number of methoxy groups -OCH3 is 4. The molecule has 0 bridgehead atoms. The first-order chi connectivity index (χ1) is 13.1. The Kier molecular flexibility index (Phi) is 4.90. The van der Waals surface area contributed by atoms with Gasteiger partial charge in [0.1, 0.15) is 17.0 Å². The molecule has 0 aliphatic rings. The number of rotatable bonds is 6. The molecule has 138 valence electrons. The number of aromatic amines is 1. The third-order valence-corrected chi connectivity index (χ3v) is 4.21. The standard InChI is InChI=1S/C20H18N2O5/c1-6-12-14(24-2)8-7-13-17(12)21-22-18(13)19(23)11-9-15(25-3)20(27-5)16(10-11)26-4/h1,7-10H,2-5H3,(H,21,22). The van der Waals surface area contributed by atoms with Gasteiger partial charge in [0.15, 0.2) is 11.5 Å². The number of nitrogens with one attached hydrogen (secondary N) is 1. The lowest BCUT2D eigenvalue weighted by atomic mass is 10.0. The van der Waals surface area contributed by atoms with E-state index in [0.29, 0.717) is 50.7 Å². The van der Waals surface area contributed by atoms with E-state index in [1.54, 1.807) is 24.3 Å². The summed E-state index contributed by atoms with van der Waals surface area (Å²) in [6, 6.07) is 6.62. The fraction of sp³-hybridized carbons (Fsp3) is 0.200. The third-order valence-electron chi connectivity index (χ3n) is 4.21. The van der Waals surface area contributed by atoms with Gasteiger partial charge in [0.2, 0.25) is 11.5 Å². The molecule has 0 fully saturated rings. The summed E-state index contributed by atoms with van der Waals surface area (Å²) >= 11 is 0. The fourth-order valence-electron chi connectivity index (χ4n) is 2.90. The van der Waals surface area contributed by atoms with Crippen LogP contribution in [0.1, 0.15) is 21.6 Å². The van der Waals surface area contributed by atoms with Crippen LogP contribution >= 0.6 is 0 Å². The van der Waals surface area contributed by atoms with Gasteiger partial charge >= 0.3 is 0 Å². The molecule has 1 aromatic heterocycles. The van der Waals surface area contributed by atoms with E-state index in [4.69, 9.17) is 25.4 Å². The number of aromatic nitrogens is 2. The summed E-state index contributed by atoms with van der Waals surface area (Å²) in [5, 5.41) is 7.59. The van der Waals surface area contributed by atoms with Crippen molar-refractivity contribution in [3.8, 4) is 35.3 Å². The second-order valence-corrected chi connectivity index (χ2v) is 5.53. The second kappa shape index (κ2) is 7.30. The average Bonchev–Trinajstić information content (AvgIpc) is 3.15. The molecule has 7 heteroatoms. The highest BCUT2D eigenvalue weighted by molar-refractivity contribution is 6.15. The van der Waals surface area contributed by atoms with Gasteiger partial charge in [0.05, 0.1) is 34.0 Å². The van der Waals surface area contributed by atoms with E-state index in [-0.39, 0.29) is 5.78 Å². The normalized spacial score (nSPS) is 10.3. The van der Waals surface area contributed by atoms with Crippen LogP contribution in [0.25, 0.3) is 10.9 Å². The number of ketones is 1. The minimum atomic E-state index is -0.287. The van der Waals surface area contributed by atoms with Crippen LogP contribution in [0.3, 0.4) is 0 Å². The lowest BCUT2D eigenvalue weighted by Gasteiger charge is -2.13. The molecule has 0 unspecified atom stereocenters. The van der Waals surface area contributed by atoms with E-state index in [0.717, 1.165) is 0 Å². The van der Waals surface area contributed by atoms with Gasteiger partial charge in [-0.3, -0.25) is 9.89 Å². The number of carbonyl (C=O) groups excluding carboxylic acids is 1. The summed E-state index contributed by atoms with van der Waals surface area (Å²) in [4.78, 5) is 13.1. The zero-order valence-electron chi connectivity index (χ0n) is 15.4. The van der Waals surface area contributed by atoms with Crippen molar-refractivity contribution < 1.29 is 23.7 Å². The van der Waals surface area contributed by atoms with Gasteiger partial charge in [-0.1, -0.05) is 5.92 Å². The van der Waals surface area contributed by atoms with E-state index in [9.17, 15) is 4.79 Å². The van der Waals surface area contributed by atoms with Crippen molar-refractivity contribution in [1.29, 1.82) is 0 Å². The number of hydrogen-bond acceptors (Lipinski definition) is 6. The molecule has 0 saturated carbocycles. The second-order valence-electron chi connectivity index (χ2n) is 5.53. The Hall–Kier alpha value is -3.66. The number of fused-ring (bicyclic) bond motifs is 1. The summed E-state index contributed by atoms with van der Waals surface area (Å²) in [6.07, 6.45) is 5.58. The van der Waals surface area contributed by atoms with Crippen LogP contribution in [-0.4, -0.2) is 44.4 Å². The molecule has 3 rings (SSSR count). The highest BCUT2D eigenvalue weighted by Gasteiger charge is 2.22. The summed E-state index contributed by atoms with van der Waals surface area (Å²) in [5.74, 6) is 3.96. The monoisotopic (exact) mass is 366 g/mol. The highest BCUT2D eigenvalue weighted by Crippen LogP contribution is 2.39. The van der Waals surface area contributed by atoms with Crippen LogP contribution in [-0.2, 0) is 0 Å². The maximum absolute atomic E-state index is 13.1. The Morgan fingerprint density at radius 1 is 1.00 bits per heavy atom. The molecule has 0 amide bonds. The van der Waals surface area contributed by atoms with Crippen molar-refractivity contribution in [3.05, 3.63) is 41.1 Å². The lowest BCUT2D eigenvalue weighted by Crippen LogP contribution is -2.05. The van der Waals surface area contributed by atoms with Crippen LogP contribution in [0.15, 0.2) is 24.3 Å². The summed E-state index contributed by atoms with van der Waals surface area (Å²) in [7, 11) is 6.00. The van der Waals surface area contributed by atoms with Gasteiger partial charge in [-0.05, 0) is 24.3 Å². The number of H-pyrrole nitrogens is 1. The maximum Gasteiger partial charge on any atom is 0.211 e. The molecule has 1 N–H and O–H groups in total. The number of nitrogens with zero attached hydrogens (tertiary/aromatic N) is 1. The van der Waals surface area contributed by atoms with E-state index >= 15 is 0 Å². The number of benzene rings is 2. The quantitative estimate of drug-likeness (QED) is 0.534. The SMILES string of the molecule is C#Cc1c(OC)ccc2c(C(=O)c3cc(OC)c(OC)c(OC)c3)[nH]nc12. The number of ether oxygens (including phenoxy) is 4. The first-order valence-electron chi connectivity index (χ1n) is 7.95. The fourth-order valence-corrected chi connectivity index (χ4v) is 2.90. The molecular formula is C20H18N2O5. The molecule has 2 aromatic carbocycles. The van der Waals surface area contributed by atoms with Gasteiger partial charge in [0.25, 0.3) is 0 Å². The van der Waals surface area contributed by atoms with Crippen LogP contribution in [0, 0.1) is 12.3 Å². The van der Waals surface area contributed by atoms with Crippen LogP contribution in [0.2, 0.25) is 0 Å². The van der Waals surface area contributed by atoms with Crippen LogP contribution < -0.4 is 18.9 Å². The first kappa shape index (κ1) is 18.1. The number of carbonyl (C=O) groups is 1. The van der Waals surface area contributed by atoms with E-state index in [1.807, 2.05) is 0 Å². The molecule has 0 saturated heterocycles. The van der Waals surface area contributed by atoms with Crippen LogP contribution in [0.4, 0.5) is 0 Å². The molecule has 27 heavy (non-hydrogen) atoms. The van der Waals surface area contributed by atoms with Gasteiger partial charge in [0, 0.05) is 10.9 Å².